The molecule has 0 aliphatic carbocycles. The van der Waals surface area contributed by atoms with E-state index in [0.717, 1.165) is 17.0 Å². The van der Waals surface area contributed by atoms with Gasteiger partial charge < -0.3 is 0 Å². The molecule has 4 nitrogen and oxygen atoms in total. The van der Waals surface area contributed by atoms with E-state index in [1.807, 2.05) is 0 Å². The summed E-state index contributed by atoms with van der Waals surface area (Å²) < 4.78 is 27.2. The van der Waals surface area contributed by atoms with Crippen LogP contribution in [-0.2, 0) is 0 Å². The highest BCUT2D eigenvalue weighted by Gasteiger charge is 2.39. The highest BCUT2D eigenvalue weighted by Crippen LogP contribution is 2.31. The third kappa shape index (κ3) is 2.04. The average Bonchev–Trinajstić information content (AvgIpc) is 2.64. The van der Waals surface area contributed by atoms with Gasteiger partial charge in [0.25, 0.3) is 11.8 Å². The number of pyridine rings is 1. The van der Waals surface area contributed by atoms with E-state index in [2.05, 4.69) is 20.9 Å². The van der Waals surface area contributed by atoms with Gasteiger partial charge in [0.1, 0.15) is 5.82 Å². The smallest absolute Gasteiger partial charge is 0.267 e. The van der Waals surface area contributed by atoms with Crippen LogP contribution in [0.25, 0.3) is 0 Å². The van der Waals surface area contributed by atoms with Gasteiger partial charge in [0.2, 0.25) is 0 Å². The van der Waals surface area contributed by atoms with Crippen LogP contribution in [0.1, 0.15) is 26.3 Å². The maximum atomic E-state index is 13.3. The third-order valence-corrected chi connectivity index (χ3v) is 3.59. The summed E-state index contributed by atoms with van der Waals surface area (Å²) in [6, 6.07) is 3.16. The van der Waals surface area contributed by atoms with Crippen molar-refractivity contribution in [3.8, 4) is 0 Å². The molecule has 0 N–H and O–H groups in total. The number of halogens is 3. The molecule has 0 spiro atoms. The Morgan fingerprint density at radius 2 is 1.57 bits per heavy atom. The van der Waals surface area contributed by atoms with Crippen LogP contribution >= 0.6 is 15.9 Å². The number of carbonyl (C=O) groups excluding carboxylic acids is 2. The van der Waals surface area contributed by atoms with Crippen molar-refractivity contribution in [1.82, 2.24) is 4.98 Å². The standard InChI is InChI=1S/C14H7BrF2N2O2/c1-6-2-7(15)5-18-12(6)19-13(20)8-3-10(16)11(17)4-9(8)14(19)21/h2-5H,1H3. The maximum absolute atomic E-state index is 13.3. The van der Waals surface area contributed by atoms with Gasteiger partial charge in [-0.05, 0) is 46.6 Å². The van der Waals surface area contributed by atoms with Gasteiger partial charge in [-0.2, -0.15) is 0 Å². The molecule has 2 heterocycles. The second-order valence-electron chi connectivity index (χ2n) is 4.55. The first-order chi connectivity index (χ1) is 9.90. The first-order valence-electron chi connectivity index (χ1n) is 5.90. The van der Waals surface area contributed by atoms with Crippen molar-refractivity contribution in [3.63, 3.8) is 0 Å². The van der Waals surface area contributed by atoms with E-state index >= 15 is 0 Å². The molecule has 3 rings (SSSR count). The molecule has 0 radical (unpaired) electrons. The Morgan fingerprint density at radius 3 is 2.05 bits per heavy atom. The fourth-order valence-electron chi connectivity index (χ4n) is 2.19. The molecular formula is C14H7BrF2N2O2. The van der Waals surface area contributed by atoms with E-state index in [1.165, 1.54) is 6.20 Å². The van der Waals surface area contributed by atoms with E-state index in [-0.39, 0.29) is 16.9 Å². The van der Waals surface area contributed by atoms with E-state index in [4.69, 9.17) is 0 Å². The van der Waals surface area contributed by atoms with E-state index < -0.39 is 23.4 Å². The Kier molecular flexibility index (Phi) is 3.09. The summed E-state index contributed by atoms with van der Waals surface area (Å²) in [6.07, 6.45) is 1.44. The van der Waals surface area contributed by atoms with Crippen molar-refractivity contribution in [1.29, 1.82) is 0 Å². The van der Waals surface area contributed by atoms with Crippen LogP contribution in [0.2, 0.25) is 0 Å². The van der Waals surface area contributed by atoms with Crippen molar-refractivity contribution in [3.05, 3.63) is 57.2 Å². The number of fused-ring (bicyclic) bond motifs is 1. The predicted molar refractivity (Wildman–Crippen MR) is 74.2 cm³/mol. The number of aromatic nitrogens is 1. The minimum Gasteiger partial charge on any atom is -0.268 e. The maximum Gasteiger partial charge on any atom is 0.267 e. The number of aryl methyl sites for hydroxylation is 1. The predicted octanol–water partition coefficient (Wildman–Crippen LogP) is 3.23. The molecule has 7 heteroatoms. The van der Waals surface area contributed by atoms with Gasteiger partial charge in [-0.3, -0.25) is 9.59 Å². The summed E-state index contributed by atoms with van der Waals surface area (Å²) in [4.78, 5) is 29.4. The third-order valence-electron chi connectivity index (χ3n) is 3.16. The number of imide groups is 1. The minimum absolute atomic E-state index is 0.144. The van der Waals surface area contributed by atoms with Crippen molar-refractivity contribution in [2.45, 2.75) is 6.92 Å². The lowest BCUT2D eigenvalue weighted by atomic mass is 10.1. The number of rotatable bonds is 1. The number of nitrogens with zero attached hydrogens (tertiary/aromatic N) is 2. The van der Waals surface area contributed by atoms with Gasteiger partial charge in [0.15, 0.2) is 11.6 Å². The summed E-state index contributed by atoms with van der Waals surface area (Å²) >= 11 is 3.23. The van der Waals surface area contributed by atoms with Crippen molar-refractivity contribution in [2.75, 3.05) is 4.90 Å². The second kappa shape index (κ2) is 4.70. The van der Waals surface area contributed by atoms with Crippen LogP contribution in [0.5, 0.6) is 0 Å². The van der Waals surface area contributed by atoms with Crippen LogP contribution in [0.15, 0.2) is 28.9 Å². The quantitative estimate of drug-likeness (QED) is 0.740. The molecule has 1 aromatic carbocycles. The number of amides is 2. The molecule has 1 aliphatic rings. The number of hydrogen-bond acceptors (Lipinski definition) is 3. The van der Waals surface area contributed by atoms with Gasteiger partial charge in [-0.25, -0.2) is 18.7 Å². The van der Waals surface area contributed by atoms with Gasteiger partial charge >= 0.3 is 0 Å². The zero-order valence-corrected chi connectivity index (χ0v) is 12.2. The average molecular weight is 353 g/mol. The Morgan fingerprint density at radius 1 is 1.05 bits per heavy atom. The van der Waals surface area contributed by atoms with Gasteiger partial charge in [0.05, 0.1) is 11.1 Å². The van der Waals surface area contributed by atoms with Gasteiger partial charge in [0, 0.05) is 10.7 Å². The van der Waals surface area contributed by atoms with Crippen molar-refractivity contribution >= 4 is 33.6 Å². The Balaban J connectivity index is 2.16. The number of hydrogen-bond donors (Lipinski definition) is 0. The highest BCUT2D eigenvalue weighted by atomic mass is 79.9. The molecular weight excluding hydrogens is 346 g/mol. The molecule has 2 amide bonds. The molecule has 0 fully saturated rings. The van der Waals surface area contributed by atoms with Crippen molar-refractivity contribution in [2.24, 2.45) is 0 Å². The molecule has 0 saturated carbocycles. The van der Waals surface area contributed by atoms with Crippen LogP contribution in [-0.4, -0.2) is 16.8 Å². The van der Waals surface area contributed by atoms with Crippen LogP contribution < -0.4 is 4.90 Å². The molecule has 21 heavy (non-hydrogen) atoms. The summed E-state index contributed by atoms with van der Waals surface area (Å²) in [6.45, 7) is 1.68. The van der Waals surface area contributed by atoms with Gasteiger partial charge in [-0.15, -0.1) is 0 Å². The lowest BCUT2D eigenvalue weighted by Crippen LogP contribution is -2.30. The topological polar surface area (TPSA) is 50.3 Å². The minimum atomic E-state index is -1.17. The van der Waals surface area contributed by atoms with Crippen LogP contribution in [0.4, 0.5) is 14.6 Å². The zero-order chi connectivity index (χ0) is 15.3. The first kappa shape index (κ1) is 13.8. The summed E-state index contributed by atoms with van der Waals surface area (Å²) in [7, 11) is 0. The fourth-order valence-corrected chi connectivity index (χ4v) is 2.64. The van der Waals surface area contributed by atoms with E-state index in [9.17, 15) is 18.4 Å². The summed E-state index contributed by atoms with van der Waals surface area (Å²) in [5.74, 6) is -3.63. The molecule has 0 unspecified atom stereocenters. The monoisotopic (exact) mass is 352 g/mol. The highest BCUT2D eigenvalue weighted by molar-refractivity contribution is 9.10. The number of benzene rings is 1. The Labute approximate surface area is 126 Å². The van der Waals surface area contributed by atoms with Crippen LogP contribution in [0, 0.1) is 18.6 Å². The molecule has 1 aliphatic heterocycles. The summed E-state index contributed by atoms with van der Waals surface area (Å²) in [5, 5.41) is 0. The molecule has 0 saturated heterocycles. The molecule has 0 atom stereocenters. The normalized spacial score (nSPS) is 13.8. The molecule has 0 bridgehead atoms. The second-order valence-corrected chi connectivity index (χ2v) is 5.47. The lowest BCUT2D eigenvalue weighted by molar-refractivity contribution is 0.0924. The van der Waals surface area contributed by atoms with E-state index in [0.29, 0.717) is 10.0 Å². The number of carbonyl (C=O) groups is 2. The summed E-state index contributed by atoms with van der Waals surface area (Å²) in [5.41, 5.74) is 0.255. The first-order valence-corrected chi connectivity index (χ1v) is 6.69. The van der Waals surface area contributed by atoms with E-state index in [1.54, 1.807) is 13.0 Å². The Bertz CT molecular complexity index is 767. The Hall–Kier alpha value is -2.15. The van der Waals surface area contributed by atoms with Crippen LogP contribution in [0.3, 0.4) is 0 Å². The SMILES string of the molecule is Cc1cc(Br)cnc1N1C(=O)c2cc(F)c(F)cc2C1=O. The fraction of sp³-hybridized carbons (Fsp3) is 0.0714. The lowest BCUT2D eigenvalue weighted by Gasteiger charge is -2.15. The molecule has 1 aromatic heterocycles. The number of anilines is 1. The molecule has 106 valence electrons. The van der Waals surface area contributed by atoms with Crippen molar-refractivity contribution < 1.29 is 18.4 Å². The largest absolute Gasteiger partial charge is 0.268 e. The van der Waals surface area contributed by atoms with Gasteiger partial charge in [-0.1, -0.05) is 0 Å². The zero-order valence-electron chi connectivity index (χ0n) is 10.7. The molecule has 2 aromatic rings.